The van der Waals surface area contributed by atoms with Gasteiger partial charge in [0.2, 0.25) is 0 Å². The Labute approximate surface area is 155 Å². The Balaban J connectivity index is 2.50. The molecule has 1 atom stereocenters. The van der Waals surface area contributed by atoms with E-state index in [-0.39, 0.29) is 23.2 Å². The molecular weight excluding hydrogens is 362 g/mol. The number of carbonyl (C=O) groups excluding carboxylic acids is 2. The first-order chi connectivity index (χ1) is 12.6. The fourth-order valence-corrected chi connectivity index (χ4v) is 2.68. The second-order valence-electron chi connectivity index (χ2n) is 6.18. The minimum absolute atomic E-state index is 0.0511. The Morgan fingerprint density at radius 2 is 1.93 bits per heavy atom. The van der Waals surface area contributed by atoms with Gasteiger partial charge in [0.05, 0.1) is 24.8 Å². The van der Waals surface area contributed by atoms with Gasteiger partial charge in [0.25, 0.3) is 0 Å². The van der Waals surface area contributed by atoms with Crippen molar-refractivity contribution in [2.24, 2.45) is 0 Å². The highest BCUT2D eigenvalue weighted by Crippen LogP contribution is 2.36. The van der Waals surface area contributed by atoms with Crippen molar-refractivity contribution in [1.82, 2.24) is 10.2 Å². The normalized spacial score (nSPS) is 17.3. The fraction of sp³-hybridized carbons (Fsp3) is 0.444. The van der Waals surface area contributed by atoms with Crippen LogP contribution in [0.4, 0.5) is 13.6 Å². The van der Waals surface area contributed by atoms with E-state index in [2.05, 4.69) is 10.1 Å². The van der Waals surface area contributed by atoms with Crippen molar-refractivity contribution < 1.29 is 32.6 Å². The lowest BCUT2D eigenvalue weighted by atomic mass is 9.94. The van der Waals surface area contributed by atoms with Crippen LogP contribution in [0.2, 0.25) is 0 Å². The average Bonchev–Trinajstić information content (AvgIpc) is 2.58. The molecule has 0 saturated heterocycles. The Kier molecular flexibility index (Phi) is 6.24. The number of ether oxygens (including phenoxy) is 3. The third-order valence-corrected chi connectivity index (χ3v) is 4.05. The molecule has 9 heteroatoms. The van der Waals surface area contributed by atoms with E-state index in [0.717, 1.165) is 0 Å². The number of hydrogen-bond acceptors (Lipinski definition) is 5. The zero-order chi connectivity index (χ0) is 20.3. The summed E-state index contributed by atoms with van der Waals surface area (Å²) in [7, 11) is 2.84. The van der Waals surface area contributed by atoms with Gasteiger partial charge in [-0.15, -0.1) is 0 Å². The molecule has 0 radical (unpaired) electrons. The molecule has 1 aromatic carbocycles. The minimum atomic E-state index is -3.01. The van der Waals surface area contributed by atoms with E-state index in [1.807, 2.05) is 0 Å². The number of nitrogens with zero attached hydrogens (tertiary/aromatic N) is 1. The lowest BCUT2D eigenvalue weighted by molar-refractivity contribution is -0.143. The smallest absolute Gasteiger partial charge is 0.387 e. The summed E-state index contributed by atoms with van der Waals surface area (Å²) in [5.74, 6) is -0.677. The lowest BCUT2D eigenvalue weighted by Gasteiger charge is -2.33. The van der Waals surface area contributed by atoms with Gasteiger partial charge in [-0.2, -0.15) is 8.78 Å². The highest BCUT2D eigenvalue weighted by molar-refractivity contribution is 5.95. The predicted molar refractivity (Wildman–Crippen MR) is 92.6 cm³/mol. The topological polar surface area (TPSA) is 77.1 Å². The van der Waals surface area contributed by atoms with Crippen LogP contribution in [-0.2, 0) is 9.53 Å². The number of alkyl halides is 2. The maximum absolute atomic E-state index is 12.6. The highest BCUT2D eigenvalue weighted by Gasteiger charge is 2.35. The number of halogens is 2. The van der Waals surface area contributed by atoms with Crippen LogP contribution in [-0.4, -0.2) is 43.8 Å². The molecule has 2 amide bonds. The molecule has 0 spiro atoms. The van der Waals surface area contributed by atoms with E-state index >= 15 is 0 Å². The zero-order valence-electron chi connectivity index (χ0n) is 15.7. The van der Waals surface area contributed by atoms with Gasteiger partial charge in [0.1, 0.15) is 0 Å². The van der Waals surface area contributed by atoms with E-state index in [9.17, 15) is 18.4 Å². The molecule has 1 heterocycles. The number of amides is 2. The van der Waals surface area contributed by atoms with Crippen LogP contribution >= 0.6 is 0 Å². The van der Waals surface area contributed by atoms with E-state index in [4.69, 9.17) is 9.47 Å². The second-order valence-corrected chi connectivity index (χ2v) is 6.18. The van der Waals surface area contributed by atoms with Gasteiger partial charge in [-0.05, 0) is 38.5 Å². The van der Waals surface area contributed by atoms with Crippen molar-refractivity contribution in [3.05, 3.63) is 35.0 Å². The molecule has 0 unspecified atom stereocenters. The Morgan fingerprint density at radius 1 is 1.26 bits per heavy atom. The van der Waals surface area contributed by atoms with Gasteiger partial charge in [0.15, 0.2) is 11.5 Å². The summed E-state index contributed by atoms with van der Waals surface area (Å²) >= 11 is 0. The molecule has 1 aliphatic rings. The van der Waals surface area contributed by atoms with Crippen molar-refractivity contribution in [3.8, 4) is 11.5 Å². The molecule has 0 saturated carbocycles. The Morgan fingerprint density at radius 3 is 2.48 bits per heavy atom. The molecule has 148 valence electrons. The van der Waals surface area contributed by atoms with Crippen molar-refractivity contribution in [1.29, 1.82) is 0 Å². The minimum Gasteiger partial charge on any atom is -0.493 e. The van der Waals surface area contributed by atoms with Crippen LogP contribution in [0.5, 0.6) is 11.5 Å². The lowest BCUT2D eigenvalue weighted by Crippen LogP contribution is -2.46. The first-order valence-electron chi connectivity index (χ1n) is 8.24. The maximum atomic E-state index is 12.6. The van der Waals surface area contributed by atoms with Crippen LogP contribution in [0.15, 0.2) is 29.5 Å². The number of benzene rings is 1. The Hall–Kier alpha value is -2.84. The number of nitrogens with one attached hydrogen (secondary N) is 1. The first-order valence-corrected chi connectivity index (χ1v) is 8.24. The zero-order valence-corrected chi connectivity index (χ0v) is 15.7. The second kappa shape index (κ2) is 8.24. The summed E-state index contributed by atoms with van der Waals surface area (Å²) in [5, 5.41) is 2.71. The van der Waals surface area contributed by atoms with Gasteiger partial charge >= 0.3 is 18.6 Å². The number of methoxy groups -OCH3 is 1. The van der Waals surface area contributed by atoms with E-state index in [1.165, 1.54) is 37.3 Å². The summed E-state index contributed by atoms with van der Waals surface area (Å²) < 4.78 is 39.8. The maximum Gasteiger partial charge on any atom is 0.387 e. The van der Waals surface area contributed by atoms with Crippen molar-refractivity contribution >= 4 is 12.0 Å². The number of rotatable bonds is 6. The molecule has 0 bridgehead atoms. The molecule has 7 nitrogen and oxygen atoms in total. The number of esters is 1. The van der Waals surface area contributed by atoms with Crippen molar-refractivity contribution in [3.63, 3.8) is 0 Å². The molecule has 27 heavy (non-hydrogen) atoms. The molecule has 2 rings (SSSR count). The van der Waals surface area contributed by atoms with E-state index < -0.39 is 24.7 Å². The van der Waals surface area contributed by atoms with E-state index in [0.29, 0.717) is 11.3 Å². The first kappa shape index (κ1) is 20.5. The molecule has 0 aliphatic carbocycles. The predicted octanol–water partition coefficient (Wildman–Crippen LogP) is 3.22. The Bertz CT molecular complexity index is 764. The van der Waals surface area contributed by atoms with Crippen molar-refractivity contribution in [2.45, 2.75) is 39.5 Å². The summed E-state index contributed by atoms with van der Waals surface area (Å²) in [5.41, 5.74) is 1.14. The number of carbonyl (C=O) groups is 2. The molecule has 1 aliphatic heterocycles. The SMILES string of the molecule is COc1cc([C@@H]2NC(=O)N(C)C(C)=C2C(=O)OC(C)C)ccc1OC(F)F. The summed E-state index contributed by atoms with van der Waals surface area (Å²) in [6, 6.07) is 2.97. The highest BCUT2D eigenvalue weighted by atomic mass is 19.3. The van der Waals surface area contributed by atoms with Gasteiger partial charge in [-0.1, -0.05) is 6.07 Å². The van der Waals surface area contributed by atoms with Gasteiger partial charge in [-0.3, -0.25) is 0 Å². The van der Waals surface area contributed by atoms with Crippen LogP contribution in [0.25, 0.3) is 0 Å². The molecule has 1 N–H and O–H groups in total. The summed E-state index contributed by atoms with van der Waals surface area (Å²) in [4.78, 5) is 26.1. The fourth-order valence-electron chi connectivity index (χ4n) is 2.68. The van der Waals surface area contributed by atoms with Crippen molar-refractivity contribution in [2.75, 3.05) is 14.2 Å². The third-order valence-electron chi connectivity index (χ3n) is 4.05. The third kappa shape index (κ3) is 4.47. The monoisotopic (exact) mass is 384 g/mol. The largest absolute Gasteiger partial charge is 0.493 e. The average molecular weight is 384 g/mol. The van der Waals surface area contributed by atoms with Crippen LogP contribution in [0, 0.1) is 0 Å². The molecule has 0 fully saturated rings. The van der Waals surface area contributed by atoms with Crippen LogP contribution in [0.3, 0.4) is 0 Å². The van der Waals surface area contributed by atoms with Gasteiger partial charge < -0.3 is 24.4 Å². The van der Waals surface area contributed by atoms with Crippen LogP contribution < -0.4 is 14.8 Å². The number of urea groups is 1. The molecular formula is C18H22F2N2O5. The van der Waals surface area contributed by atoms with E-state index in [1.54, 1.807) is 20.8 Å². The van der Waals surface area contributed by atoms with Gasteiger partial charge in [0, 0.05) is 12.7 Å². The standard InChI is InChI=1S/C18H22F2N2O5/c1-9(2)26-16(23)14-10(3)22(4)18(24)21-15(14)11-6-7-12(27-17(19)20)13(8-11)25-5/h6-9,15,17H,1-5H3,(H,21,24)/t15-/m0/s1. The van der Waals surface area contributed by atoms with Gasteiger partial charge in [-0.25, -0.2) is 9.59 Å². The number of allylic oxidation sites excluding steroid dienone is 1. The quantitative estimate of drug-likeness (QED) is 0.762. The molecule has 0 aromatic heterocycles. The molecule has 1 aromatic rings. The number of hydrogen-bond donors (Lipinski definition) is 1. The summed E-state index contributed by atoms with van der Waals surface area (Å²) in [6.07, 6.45) is -0.349. The summed E-state index contributed by atoms with van der Waals surface area (Å²) in [6.45, 7) is 2.06. The van der Waals surface area contributed by atoms with Crippen LogP contribution in [0.1, 0.15) is 32.4 Å².